The van der Waals surface area contributed by atoms with Gasteiger partial charge in [-0.05, 0) is 37.7 Å². The van der Waals surface area contributed by atoms with Crippen LogP contribution >= 0.6 is 0 Å². The number of aliphatic hydroxyl groups excluding tert-OH is 1. The van der Waals surface area contributed by atoms with E-state index in [-0.39, 0.29) is 25.2 Å². The summed E-state index contributed by atoms with van der Waals surface area (Å²) in [4.78, 5) is 0. The fourth-order valence-electron chi connectivity index (χ4n) is 3.72. The molecule has 1 aliphatic carbocycles. The average molecular weight is 294 g/mol. The molecule has 1 saturated heterocycles. The third-order valence-electron chi connectivity index (χ3n) is 4.89. The molecule has 1 heterocycles. The zero-order valence-corrected chi connectivity index (χ0v) is 13.2. The molecule has 21 heavy (non-hydrogen) atoms. The highest BCUT2D eigenvalue weighted by atomic mass is 16.4. The smallest absolute Gasteiger partial charge is 0.321 e. The lowest BCUT2D eigenvalue weighted by Crippen LogP contribution is -2.41. The van der Waals surface area contributed by atoms with Crippen molar-refractivity contribution in [1.82, 2.24) is 0 Å². The molecule has 0 radical (unpaired) electrons. The summed E-state index contributed by atoms with van der Waals surface area (Å²) in [5.41, 5.74) is 13.6. The Morgan fingerprint density at radius 3 is 2.62 bits per heavy atom. The van der Waals surface area contributed by atoms with Gasteiger partial charge in [0.1, 0.15) is 0 Å². The molecule has 0 spiro atoms. The summed E-state index contributed by atoms with van der Waals surface area (Å²) >= 11 is 0. The number of rotatable bonds is 5. The van der Waals surface area contributed by atoms with Crippen LogP contribution in [0.25, 0.3) is 0 Å². The number of hydrogen-bond donors (Lipinski definition) is 3. The van der Waals surface area contributed by atoms with Crippen LogP contribution in [0.15, 0.2) is 11.7 Å². The van der Waals surface area contributed by atoms with Crippen molar-refractivity contribution in [3.05, 3.63) is 11.7 Å². The fraction of sp³-hybridized carbons (Fsp3) is 0.875. The van der Waals surface area contributed by atoms with Crippen LogP contribution in [0, 0.1) is 0 Å². The first-order valence-electron chi connectivity index (χ1n) is 8.63. The molecule has 2 rings (SSSR count). The number of aliphatic hydroxyl groups is 1. The number of nitrogens with two attached hydrogens (primary N) is 2. The monoisotopic (exact) mass is 294 g/mol. The first-order valence-corrected chi connectivity index (χ1v) is 8.63. The van der Waals surface area contributed by atoms with Gasteiger partial charge in [0.2, 0.25) is 0 Å². The molecule has 1 saturated carbocycles. The van der Waals surface area contributed by atoms with Crippen LogP contribution in [0.4, 0.5) is 0 Å². The maximum absolute atomic E-state index is 9.03. The van der Waals surface area contributed by atoms with Crippen molar-refractivity contribution in [2.75, 3.05) is 6.61 Å². The predicted molar refractivity (Wildman–Crippen MR) is 87.9 cm³/mol. The zero-order valence-electron chi connectivity index (χ0n) is 13.2. The highest BCUT2D eigenvalue weighted by Crippen LogP contribution is 2.29. The van der Waals surface area contributed by atoms with E-state index < -0.39 is 0 Å². The van der Waals surface area contributed by atoms with Crippen LogP contribution in [0.5, 0.6) is 0 Å². The van der Waals surface area contributed by atoms with Crippen LogP contribution < -0.4 is 11.5 Å². The molecule has 1 atom stereocenters. The highest BCUT2D eigenvalue weighted by molar-refractivity contribution is 6.58. The van der Waals surface area contributed by atoms with Crippen LogP contribution in [-0.4, -0.2) is 30.3 Å². The molecule has 5 heteroatoms. The van der Waals surface area contributed by atoms with E-state index >= 15 is 0 Å². The second-order valence-corrected chi connectivity index (χ2v) is 6.93. The first kappa shape index (κ1) is 16.8. The van der Waals surface area contributed by atoms with Crippen LogP contribution in [0.2, 0.25) is 6.32 Å². The summed E-state index contributed by atoms with van der Waals surface area (Å²) in [6.45, 7) is 0.298. The summed E-state index contributed by atoms with van der Waals surface area (Å²) in [5, 5.41) is 9.03. The molecule has 2 fully saturated rings. The fourth-order valence-corrected chi connectivity index (χ4v) is 3.72. The van der Waals surface area contributed by atoms with E-state index in [0.717, 1.165) is 50.5 Å². The Morgan fingerprint density at radius 2 is 1.95 bits per heavy atom. The van der Waals surface area contributed by atoms with Gasteiger partial charge in [-0.15, -0.1) is 0 Å². The van der Waals surface area contributed by atoms with E-state index in [9.17, 15) is 0 Å². The maximum atomic E-state index is 9.03. The van der Waals surface area contributed by atoms with Crippen molar-refractivity contribution in [2.24, 2.45) is 11.5 Å². The van der Waals surface area contributed by atoms with Crippen LogP contribution in [-0.2, 0) is 4.65 Å². The lowest BCUT2D eigenvalue weighted by atomic mass is 9.60. The van der Waals surface area contributed by atoms with Gasteiger partial charge < -0.3 is 21.2 Å². The summed E-state index contributed by atoms with van der Waals surface area (Å²) in [6, 6.07) is 0. The standard InChI is InChI=1S/C16H31BN2O2/c18-14(12-16(19)8-3-1-2-4-9-16)13-17-10-5-6-15(21-17)7-11-20/h13,15,20H,1-12,18-19H2/b14-13-. The number of hydrogen-bond acceptors (Lipinski definition) is 4. The van der Waals surface area contributed by atoms with E-state index in [1.807, 2.05) is 0 Å². The molecule has 1 unspecified atom stereocenters. The van der Waals surface area contributed by atoms with E-state index in [4.69, 9.17) is 21.2 Å². The third kappa shape index (κ3) is 5.64. The molecule has 0 amide bonds. The van der Waals surface area contributed by atoms with E-state index in [1.165, 1.54) is 25.7 Å². The second kappa shape index (κ2) is 8.21. The molecule has 120 valence electrons. The molecule has 0 aromatic rings. The van der Waals surface area contributed by atoms with Gasteiger partial charge in [0.05, 0.1) is 0 Å². The molecule has 0 bridgehead atoms. The SMILES string of the molecule is N/C(=C\B1CCCC(CCO)O1)CC1(N)CCCCCC1. The van der Waals surface area contributed by atoms with Gasteiger partial charge in [-0.2, -0.15) is 0 Å². The summed E-state index contributed by atoms with van der Waals surface area (Å²) in [5.74, 6) is 2.07. The Bertz CT molecular complexity index is 339. The van der Waals surface area contributed by atoms with Crippen LogP contribution in [0.1, 0.15) is 64.2 Å². The topological polar surface area (TPSA) is 81.5 Å². The normalized spacial score (nSPS) is 27.4. The Kier molecular flexibility index (Phi) is 6.58. The van der Waals surface area contributed by atoms with Gasteiger partial charge in [-0.25, -0.2) is 0 Å². The Balaban J connectivity index is 1.87. The minimum absolute atomic E-state index is 0.102. The van der Waals surface area contributed by atoms with Crippen molar-refractivity contribution in [2.45, 2.75) is 82.2 Å². The minimum Gasteiger partial charge on any atom is -0.429 e. The minimum atomic E-state index is -0.115. The highest BCUT2D eigenvalue weighted by Gasteiger charge is 2.28. The molecule has 4 nitrogen and oxygen atoms in total. The largest absolute Gasteiger partial charge is 0.429 e. The Labute approximate surface area is 129 Å². The van der Waals surface area contributed by atoms with Gasteiger partial charge >= 0.3 is 6.92 Å². The molecular weight excluding hydrogens is 263 g/mol. The van der Waals surface area contributed by atoms with Crippen molar-refractivity contribution in [3.8, 4) is 0 Å². The second-order valence-electron chi connectivity index (χ2n) is 6.93. The van der Waals surface area contributed by atoms with Crippen LogP contribution in [0.3, 0.4) is 0 Å². The zero-order chi connectivity index (χ0) is 15.1. The molecular formula is C16H31BN2O2. The van der Waals surface area contributed by atoms with Gasteiger partial charge in [0, 0.05) is 24.7 Å². The molecule has 0 aromatic carbocycles. The summed E-state index contributed by atoms with van der Waals surface area (Å²) < 4.78 is 5.99. The van der Waals surface area contributed by atoms with Crippen molar-refractivity contribution < 1.29 is 9.76 Å². The van der Waals surface area contributed by atoms with E-state index in [0.29, 0.717) is 0 Å². The quantitative estimate of drug-likeness (QED) is 0.537. The van der Waals surface area contributed by atoms with Gasteiger partial charge in [0.25, 0.3) is 0 Å². The lowest BCUT2D eigenvalue weighted by Gasteiger charge is -2.30. The van der Waals surface area contributed by atoms with Crippen molar-refractivity contribution in [3.63, 3.8) is 0 Å². The molecule has 0 aromatic heterocycles. The van der Waals surface area contributed by atoms with Crippen molar-refractivity contribution >= 4 is 6.92 Å². The maximum Gasteiger partial charge on any atom is 0.321 e. The van der Waals surface area contributed by atoms with E-state index in [2.05, 4.69) is 5.98 Å². The lowest BCUT2D eigenvalue weighted by molar-refractivity contribution is 0.134. The summed E-state index contributed by atoms with van der Waals surface area (Å²) in [6.07, 6.45) is 12.1. The third-order valence-corrected chi connectivity index (χ3v) is 4.89. The van der Waals surface area contributed by atoms with Crippen molar-refractivity contribution in [1.29, 1.82) is 0 Å². The summed E-state index contributed by atoms with van der Waals surface area (Å²) in [7, 11) is 0. The molecule has 2 aliphatic rings. The van der Waals surface area contributed by atoms with Gasteiger partial charge in [-0.3, -0.25) is 0 Å². The molecule has 5 N–H and O–H groups in total. The van der Waals surface area contributed by atoms with E-state index in [1.54, 1.807) is 0 Å². The Hall–Kier alpha value is -0.515. The van der Waals surface area contributed by atoms with Gasteiger partial charge in [0.15, 0.2) is 0 Å². The van der Waals surface area contributed by atoms with Gasteiger partial charge in [-0.1, -0.05) is 38.1 Å². The Morgan fingerprint density at radius 1 is 1.24 bits per heavy atom. The molecule has 1 aliphatic heterocycles. The first-order chi connectivity index (χ1) is 10.1. The average Bonchev–Trinajstić information content (AvgIpc) is 2.64. The predicted octanol–water partition coefficient (Wildman–Crippen LogP) is 2.36.